The Hall–Kier alpha value is -0.660. The Morgan fingerprint density at radius 3 is 2.52 bits per heavy atom. The van der Waals surface area contributed by atoms with Crippen molar-refractivity contribution in [3.63, 3.8) is 0 Å². The average molecular weight is 335 g/mol. The average Bonchev–Trinajstić information content (AvgIpc) is 2.42. The summed E-state index contributed by atoms with van der Waals surface area (Å²) < 4.78 is 32.9. The van der Waals surface area contributed by atoms with E-state index in [4.69, 9.17) is 22.1 Å². The second kappa shape index (κ2) is 8.10. The first-order valence-electron chi connectivity index (χ1n) is 6.90. The van der Waals surface area contributed by atoms with Crippen molar-refractivity contribution in [3.8, 4) is 0 Å². The van der Waals surface area contributed by atoms with Crippen LogP contribution in [0.3, 0.4) is 0 Å². The number of benzene rings is 1. The molecule has 1 aromatic carbocycles. The van der Waals surface area contributed by atoms with Gasteiger partial charge in [-0.15, -0.1) is 0 Å². The first-order valence-corrected chi connectivity index (χ1v) is 8.76. The van der Waals surface area contributed by atoms with Crippen LogP contribution in [0.2, 0.25) is 5.02 Å². The maximum Gasteiger partial charge on any atom is 0.242 e. The molecule has 0 spiro atoms. The van der Waals surface area contributed by atoms with Crippen LogP contribution in [0.15, 0.2) is 23.1 Å². The van der Waals surface area contributed by atoms with E-state index < -0.39 is 10.0 Å². The smallest absolute Gasteiger partial charge is 0.242 e. The lowest BCUT2D eigenvalue weighted by Gasteiger charge is -2.22. The number of nitrogens with one attached hydrogen (secondary N) is 1. The normalized spacial score (nSPS) is 13.6. The van der Waals surface area contributed by atoms with Crippen molar-refractivity contribution >= 4 is 21.6 Å². The molecule has 0 saturated carbocycles. The highest BCUT2D eigenvalue weighted by Gasteiger charge is 2.24. The molecule has 0 aliphatic heterocycles. The minimum atomic E-state index is -3.69. The van der Waals surface area contributed by atoms with Gasteiger partial charge in [0.2, 0.25) is 10.0 Å². The molecule has 1 rings (SSSR count). The summed E-state index contributed by atoms with van der Waals surface area (Å²) in [6.07, 6.45) is 0. The number of ether oxygens (including phenoxy) is 1. The Bertz CT molecular complexity index is 561. The molecule has 0 fully saturated rings. The Morgan fingerprint density at radius 1 is 1.38 bits per heavy atom. The molecule has 5 nitrogen and oxygen atoms in total. The van der Waals surface area contributed by atoms with Crippen LogP contribution in [-0.4, -0.2) is 27.7 Å². The maximum absolute atomic E-state index is 12.4. The molecule has 3 N–H and O–H groups in total. The standard InChI is InChI=1S/C14H23ClN2O3S/c1-4-20-9-13(10(2)3)17-21(18,19)14-6-5-11(8-16)7-12(14)15/h5-7,10,13,17H,4,8-9,16H2,1-3H3. The van der Waals surface area contributed by atoms with E-state index in [9.17, 15) is 8.42 Å². The molecular weight excluding hydrogens is 312 g/mol. The predicted octanol–water partition coefficient (Wildman–Crippen LogP) is 2.14. The van der Waals surface area contributed by atoms with Crippen LogP contribution >= 0.6 is 11.6 Å². The number of hydrogen-bond donors (Lipinski definition) is 2. The molecule has 120 valence electrons. The summed E-state index contributed by atoms with van der Waals surface area (Å²) in [6.45, 7) is 6.92. The molecule has 7 heteroatoms. The predicted molar refractivity (Wildman–Crippen MR) is 84.8 cm³/mol. The van der Waals surface area contributed by atoms with E-state index in [1.807, 2.05) is 20.8 Å². The van der Waals surface area contributed by atoms with Gasteiger partial charge in [0.05, 0.1) is 11.6 Å². The van der Waals surface area contributed by atoms with E-state index in [2.05, 4.69) is 4.72 Å². The van der Waals surface area contributed by atoms with Gasteiger partial charge < -0.3 is 10.5 Å². The molecule has 0 aromatic heterocycles. The van der Waals surface area contributed by atoms with Crippen molar-refractivity contribution in [2.24, 2.45) is 11.7 Å². The van der Waals surface area contributed by atoms with Gasteiger partial charge in [-0.2, -0.15) is 0 Å². The van der Waals surface area contributed by atoms with Crippen LogP contribution < -0.4 is 10.5 Å². The highest BCUT2D eigenvalue weighted by Crippen LogP contribution is 2.23. The summed E-state index contributed by atoms with van der Waals surface area (Å²) >= 11 is 6.05. The van der Waals surface area contributed by atoms with Gasteiger partial charge in [0.1, 0.15) is 4.90 Å². The molecule has 0 saturated heterocycles. The van der Waals surface area contributed by atoms with E-state index in [0.29, 0.717) is 19.8 Å². The van der Waals surface area contributed by atoms with Crippen LogP contribution in [0.5, 0.6) is 0 Å². The topological polar surface area (TPSA) is 81.4 Å². The van der Waals surface area contributed by atoms with Crippen LogP contribution in [0.4, 0.5) is 0 Å². The Labute approximate surface area is 131 Å². The van der Waals surface area contributed by atoms with Crippen molar-refractivity contribution in [2.75, 3.05) is 13.2 Å². The number of halogens is 1. The largest absolute Gasteiger partial charge is 0.380 e. The maximum atomic E-state index is 12.4. The van der Waals surface area contributed by atoms with Crippen LogP contribution in [0, 0.1) is 5.92 Å². The molecule has 0 amide bonds. The monoisotopic (exact) mass is 334 g/mol. The first-order chi connectivity index (χ1) is 9.81. The summed E-state index contributed by atoms with van der Waals surface area (Å²) in [5.41, 5.74) is 6.30. The molecule has 1 aromatic rings. The molecule has 0 aliphatic carbocycles. The van der Waals surface area contributed by atoms with Gasteiger partial charge in [-0.3, -0.25) is 0 Å². The molecule has 0 radical (unpaired) electrons. The zero-order chi connectivity index (χ0) is 16.0. The quantitative estimate of drug-likeness (QED) is 0.763. The van der Waals surface area contributed by atoms with Crippen molar-refractivity contribution in [1.29, 1.82) is 0 Å². The summed E-state index contributed by atoms with van der Waals surface area (Å²) in [5.74, 6) is 0.105. The summed E-state index contributed by atoms with van der Waals surface area (Å²) in [7, 11) is -3.69. The Balaban J connectivity index is 2.99. The van der Waals surface area contributed by atoms with Crippen LogP contribution in [-0.2, 0) is 21.3 Å². The molecule has 0 heterocycles. The number of hydrogen-bond acceptors (Lipinski definition) is 4. The zero-order valence-corrected chi connectivity index (χ0v) is 14.2. The zero-order valence-electron chi connectivity index (χ0n) is 12.6. The van der Waals surface area contributed by atoms with Crippen LogP contribution in [0.1, 0.15) is 26.3 Å². The van der Waals surface area contributed by atoms with Crippen LogP contribution in [0.25, 0.3) is 0 Å². The van der Waals surface area contributed by atoms with Crippen molar-refractivity contribution < 1.29 is 13.2 Å². The van der Waals surface area contributed by atoms with Crippen molar-refractivity contribution in [1.82, 2.24) is 4.72 Å². The minimum absolute atomic E-state index is 0.0588. The van der Waals surface area contributed by atoms with Gasteiger partial charge in [-0.1, -0.05) is 31.5 Å². The molecule has 1 unspecified atom stereocenters. The minimum Gasteiger partial charge on any atom is -0.380 e. The number of rotatable bonds is 8. The summed E-state index contributed by atoms with van der Waals surface area (Å²) in [5, 5.41) is 0.171. The van der Waals surface area contributed by atoms with E-state index >= 15 is 0 Å². The van der Waals surface area contributed by atoms with Gasteiger partial charge in [0.25, 0.3) is 0 Å². The fourth-order valence-electron chi connectivity index (χ4n) is 1.76. The highest BCUT2D eigenvalue weighted by atomic mass is 35.5. The van der Waals surface area contributed by atoms with Gasteiger partial charge in [-0.05, 0) is 30.5 Å². The molecule has 0 aliphatic rings. The second-order valence-corrected chi connectivity index (χ2v) is 7.19. The Morgan fingerprint density at radius 2 is 2.05 bits per heavy atom. The van der Waals surface area contributed by atoms with Gasteiger partial charge in [-0.25, -0.2) is 13.1 Å². The lowest BCUT2D eigenvalue weighted by Crippen LogP contribution is -2.41. The van der Waals surface area contributed by atoms with E-state index in [1.165, 1.54) is 6.07 Å². The van der Waals surface area contributed by atoms with E-state index in [0.717, 1.165) is 5.56 Å². The fraction of sp³-hybridized carbons (Fsp3) is 0.571. The third kappa shape index (κ3) is 5.23. The Kier molecular flexibility index (Phi) is 7.09. The van der Waals surface area contributed by atoms with E-state index in [1.54, 1.807) is 12.1 Å². The van der Waals surface area contributed by atoms with Gasteiger partial charge >= 0.3 is 0 Å². The molecule has 1 atom stereocenters. The molecule has 0 bridgehead atoms. The molecule has 21 heavy (non-hydrogen) atoms. The SMILES string of the molecule is CCOCC(NS(=O)(=O)c1ccc(CN)cc1Cl)C(C)C. The summed E-state index contributed by atoms with van der Waals surface area (Å²) in [6, 6.07) is 4.40. The first kappa shape index (κ1) is 18.4. The molecular formula is C14H23ClN2O3S. The van der Waals surface area contributed by atoms with Crippen molar-refractivity contribution in [2.45, 2.75) is 38.3 Å². The summed E-state index contributed by atoms with van der Waals surface area (Å²) in [4.78, 5) is 0.0588. The third-order valence-corrected chi connectivity index (χ3v) is 5.11. The third-order valence-electron chi connectivity index (χ3n) is 3.13. The van der Waals surface area contributed by atoms with Crippen molar-refractivity contribution in [3.05, 3.63) is 28.8 Å². The number of sulfonamides is 1. The lowest BCUT2D eigenvalue weighted by atomic mass is 10.1. The van der Waals surface area contributed by atoms with Gasteiger partial charge in [0, 0.05) is 19.2 Å². The number of nitrogens with two attached hydrogens (primary N) is 1. The fourth-order valence-corrected chi connectivity index (χ4v) is 3.70. The van der Waals surface area contributed by atoms with E-state index in [-0.39, 0.29) is 21.9 Å². The highest BCUT2D eigenvalue weighted by molar-refractivity contribution is 7.89. The van der Waals surface area contributed by atoms with Gasteiger partial charge in [0.15, 0.2) is 0 Å². The second-order valence-electron chi connectivity index (χ2n) is 5.10. The lowest BCUT2D eigenvalue weighted by molar-refractivity contribution is 0.116.